The standard InChI is InChI=1S/C14H24N2O/c1-10-8-12(13(15)6-5-7-16-3)14(17-4)9-11(10)2/h8-9,13,16H,5-7,15H2,1-4H3. The number of benzene rings is 1. The highest BCUT2D eigenvalue weighted by Crippen LogP contribution is 2.29. The Bertz CT molecular complexity index is 363. The van der Waals surface area contributed by atoms with Crippen LogP contribution in [0, 0.1) is 13.8 Å². The highest BCUT2D eigenvalue weighted by atomic mass is 16.5. The smallest absolute Gasteiger partial charge is 0.123 e. The summed E-state index contributed by atoms with van der Waals surface area (Å²) in [5.41, 5.74) is 9.85. The van der Waals surface area contributed by atoms with Crippen molar-refractivity contribution in [1.29, 1.82) is 0 Å². The van der Waals surface area contributed by atoms with Crippen LogP contribution in [0.5, 0.6) is 5.75 Å². The molecule has 0 bridgehead atoms. The van der Waals surface area contributed by atoms with Gasteiger partial charge in [-0.25, -0.2) is 0 Å². The van der Waals surface area contributed by atoms with Crippen molar-refractivity contribution in [2.24, 2.45) is 5.73 Å². The Hall–Kier alpha value is -1.06. The molecule has 1 atom stereocenters. The zero-order valence-electron chi connectivity index (χ0n) is 11.3. The van der Waals surface area contributed by atoms with E-state index in [1.165, 1.54) is 11.1 Å². The fourth-order valence-electron chi connectivity index (χ4n) is 1.93. The molecule has 0 saturated heterocycles. The van der Waals surface area contributed by atoms with Crippen LogP contribution in [0.2, 0.25) is 0 Å². The minimum absolute atomic E-state index is 0.0533. The molecule has 0 aliphatic rings. The van der Waals surface area contributed by atoms with Gasteiger partial charge in [-0.15, -0.1) is 0 Å². The molecule has 17 heavy (non-hydrogen) atoms. The van der Waals surface area contributed by atoms with Crippen LogP contribution in [-0.2, 0) is 0 Å². The maximum absolute atomic E-state index is 6.22. The summed E-state index contributed by atoms with van der Waals surface area (Å²) in [4.78, 5) is 0. The van der Waals surface area contributed by atoms with E-state index in [0.29, 0.717) is 0 Å². The Kier molecular flexibility index (Phi) is 5.45. The number of ether oxygens (including phenoxy) is 1. The molecule has 1 aromatic rings. The molecule has 0 aliphatic heterocycles. The molecule has 0 heterocycles. The van der Waals surface area contributed by atoms with Gasteiger partial charge in [-0.05, 0) is 57.5 Å². The molecule has 1 aromatic carbocycles. The third-order valence-electron chi connectivity index (χ3n) is 3.19. The van der Waals surface area contributed by atoms with Crippen molar-refractivity contribution >= 4 is 0 Å². The van der Waals surface area contributed by atoms with E-state index in [1.807, 2.05) is 7.05 Å². The van der Waals surface area contributed by atoms with Crippen molar-refractivity contribution in [2.75, 3.05) is 20.7 Å². The van der Waals surface area contributed by atoms with E-state index in [9.17, 15) is 0 Å². The maximum Gasteiger partial charge on any atom is 0.123 e. The van der Waals surface area contributed by atoms with Gasteiger partial charge in [0.25, 0.3) is 0 Å². The number of nitrogens with two attached hydrogens (primary N) is 1. The summed E-state index contributed by atoms with van der Waals surface area (Å²) in [5.74, 6) is 0.907. The van der Waals surface area contributed by atoms with Gasteiger partial charge in [0.15, 0.2) is 0 Å². The van der Waals surface area contributed by atoms with E-state index in [4.69, 9.17) is 10.5 Å². The van der Waals surface area contributed by atoms with E-state index in [-0.39, 0.29) is 6.04 Å². The summed E-state index contributed by atoms with van der Waals surface area (Å²) >= 11 is 0. The Labute approximate surface area is 104 Å². The summed E-state index contributed by atoms with van der Waals surface area (Å²) in [6.07, 6.45) is 2.05. The van der Waals surface area contributed by atoms with Crippen LogP contribution in [0.1, 0.15) is 35.6 Å². The fraction of sp³-hybridized carbons (Fsp3) is 0.571. The van der Waals surface area contributed by atoms with E-state index < -0.39 is 0 Å². The molecule has 0 radical (unpaired) electrons. The summed E-state index contributed by atoms with van der Waals surface area (Å²) < 4.78 is 5.41. The summed E-state index contributed by atoms with van der Waals surface area (Å²) in [7, 11) is 3.66. The molecule has 96 valence electrons. The van der Waals surface area contributed by atoms with Gasteiger partial charge < -0.3 is 15.8 Å². The van der Waals surface area contributed by atoms with E-state index in [1.54, 1.807) is 7.11 Å². The van der Waals surface area contributed by atoms with Crippen LogP contribution in [0.25, 0.3) is 0 Å². The molecule has 3 nitrogen and oxygen atoms in total. The zero-order valence-corrected chi connectivity index (χ0v) is 11.3. The molecule has 1 rings (SSSR count). The lowest BCUT2D eigenvalue weighted by molar-refractivity contribution is 0.403. The molecule has 0 aliphatic carbocycles. The number of nitrogens with one attached hydrogen (secondary N) is 1. The summed E-state index contributed by atoms with van der Waals surface area (Å²) in [6, 6.07) is 4.28. The Morgan fingerprint density at radius 3 is 2.53 bits per heavy atom. The Morgan fingerprint density at radius 1 is 1.29 bits per heavy atom. The predicted octanol–water partition coefficient (Wildman–Crippen LogP) is 2.31. The predicted molar refractivity (Wildman–Crippen MR) is 72.6 cm³/mol. The van der Waals surface area contributed by atoms with Gasteiger partial charge in [-0.3, -0.25) is 0 Å². The average molecular weight is 236 g/mol. The van der Waals surface area contributed by atoms with Crippen molar-refractivity contribution in [3.05, 3.63) is 28.8 Å². The van der Waals surface area contributed by atoms with Crippen LogP contribution in [0.3, 0.4) is 0 Å². The monoisotopic (exact) mass is 236 g/mol. The third kappa shape index (κ3) is 3.72. The van der Waals surface area contributed by atoms with E-state index >= 15 is 0 Å². The maximum atomic E-state index is 6.22. The number of rotatable bonds is 6. The first-order chi connectivity index (χ1) is 8.10. The number of methoxy groups -OCH3 is 1. The minimum Gasteiger partial charge on any atom is -0.496 e. The molecule has 3 heteroatoms. The van der Waals surface area contributed by atoms with Gasteiger partial charge in [-0.2, -0.15) is 0 Å². The molecule has 1 unspecified atom stereocenters. The summed E-state index contributed by atoms with van der Waals surface area (Å²) in [5, 5.41) is 3.14. The SMILES string of the molecule is CNCCCC(N)c1cc(C)c(C)cc1OC. The largest absolute Gasteiger partial charge is 0.496 e. The van der Waals surface area contributed by atoms with Crippen molar-refractivity contribution in [3.8, 4) is 5.75 Å². The first kappa shape index (κ1) is 14.0. The molecule has 0 saturated carbocycles. The fourth-order valence-corrected chi connectivity index (χ4v) is 1.93. The van der Waals surface area contributed by atoms with Crippen LogP contribution < -0.4 is 15.8 Å². The molecular weight excluding hydrogens is 212 g/mol. The average Bonchev–Trinajstić information content (AvgIpc) is 2.32. The molecule has 0 spiro atoms. The lowest BCUT2D eigenvalue weighted by atomic mass is 9.97. The molecule has 0 fully saturated rings. The Morgan fingerprint density at radius 2 is 1.94 bits per heavy atom. The summed E-state index contributed by atoms with van der Waals surface area (Å²) in [6.45, 7) is 5.20. The second-order valence-corrected chi connectivity index (χ2v) is 4.53. The van der Waals surface area contributed by atoms with Crippen molar-refractivity contribution < 1.29 is 4.74 Å². The highest BCUT2D eigenvalue weighted by molar-refractivity contribution is 5.43. The van der Waals surface area contributed by atoms with Gasteiger partial charge in [0, 0.05) is 11.6 Å². The quantitative estimate of drug-likeness (QED) is 0.745. The molecule has 0 aromatic heterocycles. The molecule has 3 N–H and O–H groups in total. The number of hydrogen-bond acceptors (Lipinski definition) is 3. The normalized spacial score (nSPS) is 12.5. The Balaban J connectivity index is 2.84. The molecular formula is C14H24N2O. The van der Waals surface area contributed by atoms with Crippen molar-refractivity contribution in [3.63, 3.8) is 0 Å². The van der Waals surface area contributed by atoms with Gasteiger partial charge in [0.1, 0.15) is 5.75 Å². The topological polar surface area (TPSA) is 47.3 Å². The van der Waals surface area contributed by atoms with Gasteiger partial charge in [0.05, 0.1) is 7.11 Å². The first-order valence-corrected chi connectivity index (χ1v) is 6.15. The van der Waals surface area contributed by atoms with Crippen molar-refractivity contribution in [1.82, 2.24) is 5.32 Å². The van der Waals surface area contributed by atoms with Crippen molar-refractivity contribution in [2.45, 2.75) is 32.7 Å². The first-order valence-electron chi connectivity index (χ1n) is 6.15. The number of hydrogen-bond donors (Lipinski definition) is 2. The van der Waals surface area contributed by atoms with Gasteiger partial charge in [-0.1, -0.05) is 6.07 Å². The van der Waals surface area contributed by atoms with Gasteiger partial charge >= 0.3 is 0 Å². The van der Waals surface area contributed by atoms with Crippen LogP contribution in [-0.4, -0.2) is 20.7 Å². The zero-order chi connectivity index (χ0) is 12.8. The second-order valence-electron chi connectivity index (χ2n) is 4.53. The van der Waals surface area contributed by atoms with Crippen LogP contribution in [0.4, 0.5) is 0 Å². The third-order valence-corrected chi connectivity index (χ3v) is 3.19. The minimum atomic E-state index is 0.0533. The van der Waals surface area contributed by atoms with Gasteiger partial charge in [0.2, 0.25) is 0 Å². The van der Waals surface area contributed by atoms with E-state index in [2.05, 4.69) is 31.3 Å². The highest BCUT2D eigenvalue weighted by Gasteiger charge is 2.13. The lowest BCUT2D eigenvalue weighted by Crippen LogP contribution is -2.15. The number of aryl methyl sites for hydroxylation is 2. The lowest BCUT2D eigenvalue weighted by Gasteiger charge is -2.17. The second kappa shape index (κ2) is 6.62. The van der Waals surface area contributed by atoms with Crippen LogP contribution >= 0.6 is 0 Å². The van der Waals surface area contributed by atoms with Crippen LogP contribution in [0.15, 0.2) is 12.1 Å². The van der Waals surface area contributed by atoms with E-state index in [0.717, 1.165) is 30.7 Å². The molecule has 0 amide bonds.